The van der Waals surface area contributed by atoms with Gasteiger partial charge in [-0.3, -0.25) is 4.98 Å². The van der Waals surface area contributed by atoms with Gasteiger partial charge in [-0.05, 0) is 25.0 Å². The van der Waals surface area contributed by atoms with Crippen LogP contribution in [0, 0.1) is 5.41 Å². The second-order valence-corrected chi connectivity index (χ2v) is 4.41. The molecule has 0 saturated heterocycles. The molecular formula is C13H21N3O2. The van der Waals surface area contributed by atoms with Crippen LogP contribution in [0.1, 0.15) is 26.7 Å². The van der Waals surface area contributed by atoms with Crippen LogP contribution in [0.4, 0.5) is 10.5 Å². The van der Waals surface area contributed by atoms with Gasteiger partial charge in [-0.1, -0.05) is 13.8 Å². The van der Waals surface area contributed by atoms with Gasteiger partial charge < -0.3 is 15.7 Å². The first kappa shape index (κ1) is 14.4. The lowest BCUT2D eigenvalue weighted by atomic mass is 9.83. The van der Waals surface area contributed by atoms with Gasteiger partial charge in [0.05, 0.1) is 6.61 Å². The predicted octanol–water partition coefficient (Wildman–Crippen LogP) is 2.00. The second kappa shape index (κ2) is 6.96. The summed E-state index contributed by atoms with van der Waals surface area (Å²) < 4.78 is 0. The lowest BCUT2D eigenvalue weighted by Crippen LogP contribution is -2.41. The second-order valence-electron chi connectivity index (χ2n) is 4.41. The fraction of sp³-hybridized carbons (Fsp3) is 0.538. The van der Waals surface area contributed by atoms with Gasteiger partial charge in [0.2, 0.25) is 0 Å². The van der Waals surface area contributed by atoms with Crippen molar-refractivity contribution in [3.05, 3.63) is 24.5 Å². The van der Waals surface area contributed by atoms with E-state index in [1.54, 1.807) is 24.5 Å². The zero-order valence-electron chi connectivity index (χ0n) is 10.9. The molecule has 0 aliphatic rings. The number of anilines is 1. The molecule has 0 bridgehead atoms. The number of carbonyl (C=O) groups is 1. The van der Waals surface area contributed by atoms with E-state index >= 15 is 0 Å². The number of nitrogens with one attached hydrogen (secondary N) is 2. The van der Waals surface area contributed by atoms with Gasteiger partial charge in [0.15, 0.2) is 0 Å². The van der Waals surface area contributed by atoms with Crippen LogP contribution in [0.25, 0.3) is 0 Å². The maximum absolute atomic E-state index is 11.7. The highest BCUT2D eigenvalue weighted by Crippen LogP contribution is 2.24. The highest BCUT2D eigenvalue weighted by molar-refractivity contribution is 5.89. The zero-order valence-corrected chi connectivity index (χ0v) is 10.9. The topological polar surface area (TPSA) is 74.2 Å². The first-order chi connectivity index (χ1) is 8.65. The number of nitrogens with zero attached hydrogens (tertiary/aromatic N) is 1. The van der Waals surface area contributed by atoms with Gasteiger partial charge in [0.25, 0.3) is 0 Å². The number of urea groups is 1. The van der Waals surface area contributed by atoms with Crippen LogP contribution in [-0.4, -0.2) is 29.3 Å². The minimum absolute atomic E-state index is 0.0789. The minimum Gasteiger partial charge on any atom is -0.396 e. The molecule has 0 aliphatic carbocycles. The largest absolute Gasteiger partial charge is 0.396 e. The lowest BCUT2D eigenvalue weighted by molar-refractivity contribution is 0.116. The molecule has 5 nitrogen and oxygen atoms in total. The summed E-state index contributed by atoms with van der Waals surface area (Å²) >= 11 is 0. The van der Waals surface area contributed by atoms with E-state index in [2.05, 4.69) is 15.6 Å². The molecule has 0 unspecified atom stereocenters. The van der Waals surface area contributed by atoms with Crippen LogP contribution < -0.4 is 10.6 Å². The summed E-state index contributed by atoms with van der Waals surface area (Å²) in [6.07, 6.45) is 4.89. The molecule has 1 aromatic rings. The Bertz CT molecular complexity index is 355. The van der Waals surface area contributed by atoms with E-state index < -0.39 is 0 Å². The summed E-state index contributed by atoms with van der Waals surface area (Å²) in [5, 5.41) is 14.9. The quantitative estimate of drug-likeness (QED) is 0.724. The summed E-state index contributed by atoms with van der Waals surface area (Å²) in [5.41, 5.74) is 0.473. The summed E-state index contributed by atoms with van der Waals surface area (Å²) in [5.74, 6) is 0. The Kier molecular flexibility index (Phi) is 5.58. The van der Waals surface area contributed by atoms with Crippen LogP contribution in [0.5, 0.6) is 0 Å². The molecule has 18 heavy (non-hydrogen) atoms. The Morgan fingerprint density at radius 3 is 2.44 bits per heavy atom. The van der Waals surface area contributed by atoms with E-state index in [1.807, 2.05) is 13.8 Å². The number of carbonyl (C=O) groups excluding carboxylic acids is 1. The lowest BCUT2D eigenvalue weighted by Gasteiger charge is -2.29. The molecule has 0 radical (unpaired) electrons. The van der Waals surface area contributed by atoms with Gasteiger partial charge in [-0.15, -0.1) is 0 Å². The van der Waals surface area contributed by atoms with Crippen LogP contribution in [0.2, 0.25) is 0 Å². The Morgan fingerprint density at radius 1 is 1.33 bits per heavy atom. The number of aliphatic hydroxyl groups is 1. The van der Waals surface area contributed by atoms with Crippen molar-refractivity contribution in [1.29, 1.82) is 0 Å². The number of amides is 2. The van der Waals surface area contributed by atoms with E-state index in [0.717, 1.165) is 12.8 Å². The number of aliphatic hydroxyl groups excluding tert-OH is 1. The number of rotatable bonds is 6. The van der Waals surface area contributed by atoms with Crippen molar-refractivity contribution in [2.45, 2.75) is 26.7 Å². The number of pyridine rings is 1. The van der Waals surface area contributed by atoms with Gasteiger partial charge >= 0.3 is 6.03 Å². The Morgan fingerprint density at radius 2 is 1.94 bits per heavy atom. The molecule has 1 heterocycles. The maximum atomic E-state index is 11.7. The molecule has 2 amide bonds. The van der Waals surface area contributed by atoms with Crippen LogP contribution in [0.15, 0.2) is 24.5 Å². The Balaban J connectivity index is 2.46. The molecule has 0 aliphatic heterocycles. The van der Waals surface area contributed by atoms with Crippen LogP contribution in [0.3, 0.4) is 0 Å². The number of hydrogen-bond acceptors (Lipinski definition) is 3. The van der Waals surface area contributed by atoms with Gasteiger partial charge in [-0.25, -0.2) is 4.79 Å². The molecule has 0 fully saturated rings. The van der Waals surface area contributed by atoms with Crippen LogP contribution in [-0.2, 0) is 0 Å². The standard InChI is InChI=1S/C13H21N3O2/c1-3-13(4-2,10-17)9-15-12(18)16-11-5-7-14-8-6-11/h5-8,17H,3-4,9-10H2,1-2H3,(H2,14,15,16,18). The molecule has 0 atom stereocenters. The van der Waals surface area contributed by atoms with Crippen molar-refractivity contribution < 1.29 is 9.90 Å². The highest BCUT2D eigenvalue weighted by atomic mass is 16.3. The molecule has 3 N–H and O–H groups in total. The summed E-state index contributed by atoms with van der Waals surface area (Å²) in [6, 6.07) is 3.18. The first-order valence-electron chi connectivity index (χ1n) is 6.21. The smallest absolute Gasteiger partial charge is 0.319 e. The van der Waals surface area contributed by atoms with E-state index in [-0.39, 0.29) is 18.1 Å². The number of hydrogen-bond donors (Lipinski definition) is 3. The normalized spacial score (nSPS) is 11.1. The van der Waals surface area contributed by atoms with Gasteiger partial charge in [-0.2, -0.15) is 0 Å². The van der Waals surface area contributed by atoms with Crippen LogP contribution >= 0.6 is 0 Å². The van der Waals surface area contributed by atoms with E-state index in [0.29, 0.717) is 12.2 Å². The third-order valence-electron chi connectivity index (χ3n) is 3.40. The molecule has 1 aromatic heterocycles. The van der Waals surface area contributed by atoms with Crippen molar-refractivity contribution in [1.82, 2.24) is 10.3 Å². The predicted molar refractivity (Wildman–Crippen MR) is 71.4 cm³/mol. The van der Waals surface area contributed by atoms with Crippen molar-refractivity contribution in [2.24, 2.45) is 5.41 Å². The fourth-order valence-corrected chi connectivity index (χ4v) is 1.66. The monoisotopic (exact) mass is 251 g/mol. The fourth-order valence-electron chi connectivity index (χ4n) is 1.66. The third kappa shape index (κ3) is 4.00. The van der Waals surface area contributed by atoms with Crippen molar-refractivity contribution in [3.63, 3.8) is 0 Å². The zero-order chi connectivity index (χ0) is 13.4. The molecule has 5 heteroatoms. The molecule has 0 aromatic carbocycles. The summed E-state index contributed by atoms with van der Waals surface area (Å²) in [4.78, 5) is 15.6. The molecule has 0 spiro atoms. The highest BCUT2D eigenvalue weighted by Gasteiger charge is 2.25. The summed E-state index contributed by atoms with van der Waals surface area (Å²) in [6.45, 7) is 4.58. The Hall–Kier alpha value is -1.62. The molecular weight excluding hydrogens is 230 g/mol. The van der Waals surface area contributed by atoms with Crippen molar-refractivity contribution in [2.75, 3.05) is 18.5 Å². The van der Waals surface area contributed by atoms with Crippen molar-refractivity contribution in [3.8, 4) is 0 Å². The SMILES string of the molecule is CCC(CC)(CO)CNC(=O)Nc1ccncc1. The summed E-state index contributed by atoms with van der Waals surface area (Å²) in [7, 11) is 0. The van der Waals surface area contributed by atoms with E-state index in [9.17, 15) is 9.90 Å². The van der Waals surface area contributed by atoms with Gasteiger partial charge in [0, 0.05) is 30.0 Å². The average Bonchev–Trinajstić information content (AvgIpc) is 2.42. The molecule has 1 rings (SSSR count). The van der Waals surface area contributed by atoms with Gasteiger partial charge in [0.1, 0.15) is 0 Å². The maximum Gasteiger partial charge on any atom is 0.319 e. The molecule has 0 saturated carbocycles. The third-order valence-corrected chi connectivity index (χ3v) is 3.40. The van der Waals surface area contributed by atoms with Crippen molar-refractivity contribution >= 4 is 11.7 Å². The average molecular weight is 251 g/mol. The molecule has 100 valence electrons. The van der Waals surface area contributed by atoms with E-state index in [1.165, 1.54) is 0 Å². The number of aromatic nitrogens is 1. The Labute approximate surface area is 108 Å². The minimum atomic E-state index is -0.263. The van der Waals surface area contributed by atoms with E-state index in [4.69, 9.17) is 0 Å². The first-order valence-corrected chi connectivity index (χ1v) is 6.21.